The largest absolute Gasteiger partial charge is 0.388 e. The number of H-pyrrole nitrogens is 1. The molecule has 8 nitrogen and oxygen atoms in total. The van der Waals surface area contributed by atoms with Crippen LogP contribution in [0.1, 0.15) is 72.8 Å². The number of halogens is 3. The first-order valence-corrected chi connectivity index (χ1v) is 13.6. The van der Waals surface area contributed by atoms with E-state index in [1.54, 1.807) is 29.4 Å². The number of nitrogens with one attached hydrogen (secondary N) is 4. The second-order valence-electron chi connectivity index (χ2n) is 10.8. The van der Waals surface area contributed by atoms with Crippen molar-refractivity contribution in [2.45, 2.75) is 64.0 Å². The van der Waals surface area contributed by atoms with Gasteiger partial charge < -0.3 is 25.6 Å². The molecule has 11 heteroatoms. The lowest BCUT2D eigenvalue weighted by Crippen LogP contribution is -2.24. The smallest absolute Gasteiger partial charge is 0.275 e. The molecule has 5 rings (SSSR count). The maximum absolute atomic E-state index is 14.8. The predicted octanol–water partition coefficient (Wildman–Crippen LogP) is 6.48. The topological polar surface area (TPSA) is 111 Å². The molecule has 1 saturated carbocycles. The lowest BCUT2D eigenvalue weighted by molar-refractivity contribution is -0.0387. The van der Waals surface area contributed by atoms with Crippen molar-refractivity contribution in [2.75, 3.05) is 5.32 Å². The summed E-state index contributed by atoms with van der Waals surface area (Å²) in [6.45, 7) is 4.27. The van der Waals surface area contributed by atoms with E-state index < -0.39 is 17.6 Å². The minimum atomic E-state index is -2.68. The summed E-state index contributed by atoms with van der Waals surface area (Å²) in [6.07, 6.45) is 9.29. The normalized spacial score (nSPS) is 15.8. The van der Waals surface area contributed by atoms with Gasteiger partial charge >= 0.3 is 0 Å². The number of amides is 1. The van der Waals surface area contributed by atoms with Crippen molar-refractivity contribution in [2.24, 2.45) is 0 Å². The number of hydrogen-bond acceptors (Lipinski definition) is 5. The first-order chi connectivity index (χ1) is 19.6. The second-order valence-corrected chi connectivity index (χ2v) is 10.8. The van der Waals surface area contributed by atoms with Gasteiger partial charge in [-0.3, -0.25) is 9.78 Å². The van der Waals surface area contributed by atoms with Gasteiger partial charge in [-0.2, -0.15) is 0 Å². The van der Waals surface area contributed by atoms with E-state index in [0.29, 0.717) is 16.8 Å². The summed E-state index contributed by atoms with van der Waals surface area (Å²) in [7, 11) is 0. The molecule has 1 aliphatic carbocycles. The highest BCUT2D eigenvalue weighted by Crippen LogP contribution is 2.41. The molecule has 3 heterocycles. The van der Waals surface area contributed by atoms with Gasteiger partial charge in [0, 0.05) is 72.3 Å². The van der Waals surface area contributed by atoms with Crippen molar-refractivity contribution in [3.8, 4) is 0 Å². The highest BCUT2D eigenvalue weighted by molar-refractivity contribution is 6.11. The van der Waals surface area contributed by atoms with E-state index in [1.807, 2.05) is 32.0 Å². The average Bonchev–Trinajstić information content (AvgIpc) is 3.56. The number of pyridine rings is 1. The molecule has 0 unspecified atom stereocenters. The van der Waals surface area contributed by atoms with E-state index in [-0.39, 0.29) is 55.6 Å². The SMILES string of the molecule is CC(C)N/C=C(\C=N)c1ccc2[nH]cc(NC(=O)c3cn(Cc4cnc(C5CCC(F)(F)CC5)c(F)c4)cn3)c2c1. The molecule has 1 aliphatic rings. The zero-order valence-electron chi connectivity index (χ0n) is 22.8. The van der Waals surface area contributed by atoms with Crippen molar-refractivity contribution in [1.82, 2.24) is 24.8 Å². The highest BCUT2D eigenvalue weighted by atomic mass is 19.3. The minimum Gasteiger partial charge on any atom is -0.388 e. The van der Waals surface area contributed by atoms with Gasteiger partial charge in [-0.05, 0) is 56.0 Å². The van der Waals surface area contributed by atoms with Crippen molar-refractivity contribution in [3.05, 3.63) is 83.7 Å². The summed E-state index contributed by atoms with van der Waals surface area (Å²) in [5, 5.41) is 14.7. The molecule has 0 aliphatic heterocycles. The van der Waals surface area contributed by atoms with Crippen LogP contribution in [0.2, 0.25) is 0 Å². The zero-order chi connectivity index (χ0) is 29.1. The van der Waals surface area contributed by atoms with Crippen molar-refractivity contribution in [1.29, 1.82) is 5.41 Å². The van der Waals surface area contributed by atoms with Crippen LogP contribution in [0.4, 0.5) is 18.9 Å². The van der Waals surface area contributed by atoms with Crippen molar-refractivity contribution < 1.29 is 18.0 Å². The lowest BCUT2D eigenvalue weighted by atomic mass is 9.84. The van der Waals surface area contributed by atoms with Gasteiger partial charge in [-0.15, -0.1) is 0 Å². The molecule has 214 valence electrons. The van der Waals surface area contributed by atoms with E-state index in [2.05, 4.69) is 25.6 Å². The molecule has 1 amide bonds. The van der Waals surface area contributed by atoms with Gasteiger partial charge in [-0.25, -0.2) is 18.2 Å². The number of allylic oxidation sites excluding steroid dienone is 1. The molecule has 4 aromatic rings. The average molecular weight is 564 g/mol. The number of rotatable bonds is 9. The fraction of sp³-hybridized carbons (Fsp3) is 0.333. The Kier molecular flexibility index (Phi) is 7.96. The van der Waals surface area contributed by atoms with Crippen LogP contribution in [0, 0.1) is 11.2 Å². The third-order valence-corrected chi connectivity index (χ3v) is 7.25. The Balaban J connectivity index is 1.26. The van der Waals surface area contributed by atoms with Gasteiger partial charge in [0.15, 0.2) is 0 Å². The standard InChI is InChI=1S/C30H32F3N7O/c1-18(2)35-13-22(11-34)21-3-4-25-23(10-21)26(14-36-25)39-29(41)27-16-40(17-38-27)15-19-9-24(31)28(37-12-19)20-5-7-30(32,33)8-6-20/h3-4,9-14,16-18,20,34-36H,5-8,15H2,1-2H3,(H,39,41)/b22-13+,34-11?. The van der Waals surface area contributed by atoms with Crippen molar-refractivity contribution >= 4 is 34.3 Å². The van der Waals surface area contributed by atoms with Crippen LogP contribution in [0.3, 0.4) is 0 Å². The van der Waals surface area contributed by atoms with Crippen molar-refractivity contribution in [3.63, 3.8) is 0 Å². The van der Waals surface area contributed by atoms with Crippen LogP contribution in [0.15, 0.2) is 55.4 Å². The Labute approximate surface area is 235 Å². The van der Waals surface area contributed by atoms with Gasteiger partial charge in [0.1, 0.15) is 11.5 Å². The number of aromatic amines is 1. The second kappa shape index (κ2) is 11.6. The summed E-state index contributed by atoms with van der Waals surface area (Å²) in [5.74, 6) is -3.90. The quantitative estimate of drug-likeness (QED) is 0.175. The van der Waals surface area contributed by atoms with Crippen LogP contribution in [0.25, 0.3) is 16.5 Å². The first kappa shape index (κ1) is 28.1. The Bertz CT molecular complexity index is 1590. The van der Waals surface area contributed by atoms with Gasteiger partial charge in [0.2, 0.25) is 5.92 Å². The van der Waals surface area contributed by atoms with Crippen LogP contribution >= 0.6 is 0 Å². The molecule has 4 N–H and O–H groups in total. The number of alkyl halides is 2. The maximum Gasteiger partial charge on any atom is 0.275 e. The third-order valence-electron chi connectivity index (χ3n) is 7.25. The molecule has 41 heavy (non-hydrogen) atoms. The van der Waals surface area contributed by atoms with Gasteiger partial charge in [0.05, 0.1) is 24.3 Å². The fourth-order valence-corrected chi connectivity index (χ4v) is 5.02. The summed E-state index contributed by atoms with van der Waals surface area (Å²) in [6, 6.07) is 7.30. The van der Waals surface area contributed by atoms with Crippen LogP contribution in [-0.4, -0.2) is 43.6 Å². The summed E-state index contributed by atoms with van der Waals surface area (Å²) >= 11 is 0. The molecule has 0 spiro atoms. The summed E-state index contributed by atoms with van der Waals surface area (Å²) in [5.41, 5.74) is 3.93. The monoisotopic (exact) mass is 563 g/mol. The maximum atomic E-state index is 14.8. The number of fused-ring (bicyclic) bond motifs is 1. The molecule has 0 bridgehead atoms. The molecule has 0 saturated heterocycles. The number of benzene rings is 1. The van der Waals surface area contributed by atoms with E-state index in [4.69, 9.17) is 5.41 Å². The summed E-state index contributed by atoms with van der Waals surface area (Å²) in [4.78, 5) is 24.6. The Morgan fingerprint density at radius 1 is 1.24 bits per heavy atom. The molecule has 3 aromatic heterocycles. The Hall–Kier alpha value is -4.41. The molecule has 0 radical (unpaired) electrons. The van der Waals surface area contributed by atoms with E-state index in [0.717, 1.165) is 16.5 Å². The molecule has 1 aromatic carbocycles. The van der Waals surface area contributed by atoms with E-state index in [9.17, 15) is 18.0 Å². The Morgan fingerprint density at radius 3 is 2.73 bits per heavy atom. The lowest BCUT2D eigenvalue weighted by Gasteiger charge is -2.28. The van der Waals surface area contributed by atoms with Gasteiger partial charge in [-0.1, -0.05) is 6.07 Å². The number of anilines is 1. The minimum absolute atomic E-state index is 0.185. The zero-order valence-corrected chi connectivity index (χ0v) is 22.8. The molecule has 0 atom stereocenters. The number of imidazole rings is 1. The van der Waals surface area contributed by atoms with Crippen LogP contribution < -0.4 is 10.6 Å². The van der Waals surface area contributed by atoms with Gasteiger partial charge in [0.25, 0.3) is 5.91 Å². The molecule has 1 fully saturated rings. The number of aromatic nitrogens is 4. The predicted molar refractivity (Wildman–Crippen MR) is 153 cm³/mol. The fourth-order valence-electron chi connectivity index (χ4n) is 5.02. The van der Waals surface area contributed by atoms with E-state index >= 15 is 0 Å². The number of hydrogen-bond donors (Lipinski definition) is 4. The number of carbonyl (C=O) groups excluding carboxylic acids is 1. The Morgan fingerprint density at radius 2 is 2.02 bits per heavy atom. The third kappa shape index (κ3) is 6.50. The molecular formula is C30H32F3N7O. The number of carbonyl (C=O) groups is 1. The molecular weight excluding hydrogens is 531 g/mol. The number of nitrogens with zero attached hydrogens (tertiary/aromatic N) is 3. The van der Waals surface area contributed by atoms with Crippen LogP contribution in [-0.2, 0) is 6.54 Å². The highest BCUT2D eigenvalue weighted by Gasteiger charge is 2.36. The van der Waals surface area contributed by atoms with Crippen LogP contribution in [0.5, 0.6) is 0 Å². The summed E-state index contributed by atoms with van der Waals surface area (Å²) < 4.78 is 43.4. The first-order valence-electron chi connectivity index (χ1n) is 13.6. The van der Waals surface area contributed by atoms with E-state index in [1.165, 1.54) is 18.6 Å².